The number of hydrogen-bond acceptors (Lipinski definition) is 1. The van der Waals surface area contributed by atoms with Crippen LogP contribution >= 0.6 is 11.6 Å². The molecule has 1 atom stereocenters. The van der Waals surface area contributed by atoms with Crippen molar-refractivity contribution in [3.8, 4) is 0 Å². The summed E-state index contributed by atoms with van der Waals surface area (Å²) < 4.78 is 64.4. The molecule has 0 spiro atoms. The molecule has 1 heterocycles. The Kier molecular flexibility index (Phi) is 12.0. The Morgan fingerprint density at radius 1 is 1.08 bits per heavy atom. The standard InChI is InChI=1S/C21H22ClF2N.C10H14F3N/c1-4-5-6-16-17-11-14(22)8-10-18(17)25-21(16)13(3)15-9-7-12(2)19(23)20(15)24;1-4-5-9(3)14-7-6-8(2)10(11,12)13/h7-11,13,25H,4-6H2,1-3H3;5-7H,4H2,1-3H3/b;8-6+,9-5+,14-7+. The zero-order valence-corrected chi connectivity index (χ0v) is 24.0. The first-order valence-electron chi connectivity index (χ1n) is 13.0. The molecule has 0 saturated heterocycles. The maximum atomic E-state index is 14.5. The van der Waals surface area contributed by atoms with Gasteiger partial charge in [0, 0.05) is 45.0 Å². The van der Waals surface area contributed by atoms with Gasteiger partial charge in [-0.15, -0.1) is 0 Å². The Morgan fingerprint density at radius 2 is 1.77 bits per heavy atom. The number of nitrogens with zero attached hydrogens (tertiary/aromatic N) is 1. The molecule has 0 amide bonds. The molecule has 8 heteroatoms. The van der Waals surface area contributed by atoms with Gasteiger partial charge in [0.25, 0.3) is 0 Å². The number of aliphatic imine (C=N–C) groups is 1. The Hall–Kier alpha value is -2.93. The predicted molar refractivity (Wildman–Crippen MR) is 153 cm³/mol. The number of nitrogens with one attached hydrogen (secondary N) is 1. The molecule has 0 aliphatic rings. The molecule has 0 bridgehead atoms. The van der Waals surface area contributed by atoms with E-state index in [0.717, 1.165) is 66.5 Å². The smallest absolute Gasteiger partial charge is 0.358 e. The van der Waals surface area contributed by atoms with Gasteiger partial charge in [0.2, 0.25) is 0 Å². The minimum Gasteiger partial charge on any atom is -0.358 e. The maximum absolute atomic E-state index is 14.5. The van der Waals surface area contributed by atoms with E-state index >= 15 is 0 Å². The van der Waals surface area contributed by atoms with Gasteiger partial charge in [0.05, 0.1) is 0 Å². The highest BCUT2D eigenvalue weighted by Crippen LogP contribution is 2.35. The second-order valence-electron chi connectivity index (χ2n) is 9.51. The highest BCUT2D eigenvalue weighted by molar-refractivity contribution is 6.31. The molecule has 2 aromatic carbocycles. The van der Waals surface area contributed by atoms with Gasteiger partial charge in [-0.05, 0) is 81.0 Å². The predicted octanol–water partition coefficient (Wildman–Crippen LogP) is 10.8. The lowest BCUT2D eigenvalue weighted by atomic mass is 9.91. The van der Waals surface area contributed by atoms with Crippen LogP contribution in [0.2, 0.25) is 5.02 Å². The first-order chi connectivity index (χ1) is 18.3. The summed E-state index contributed by atoms with van der Waals surface area (Å²) >= 11 is 6.17. The molecule has 0 radical (unpaired) electrons. The van der Waals surface area contributed by atoms with Crippen molar-refractivity contribution >= 4 is 28.7 Å². The van der Waals surface area contributed by atoms with Gasteiger partial charge in [-0.3, -0.25) is 4.99 Å². The van der Waals surface area contributed by atoms with Crippen molar-refractivity contribution in [1.29, 1.82) is 0 Å². The minimum absolute atomic E-state index is 0.270. The van der Waals surface area contributed by atoms with E-state index < -0.39 is 23.4 Å². The Labute approximate surface area is 232 Å². The van der Waals surface area contributed by atoms with E-state index in [2.05, 4.69) is 16.9 Å². The Morgan fingerprint density at radius 3 is 2.38 bits per heavy atom. The van der Waals surface area contributed by atoms with Crippen LogP contribution in [0.5, 0.6) is 0 Å². The third kappa shape index (κ3) is 8.79. The lowest BCUT2D eigenvalue weighted by molar-refractivity contribution is -0.0911. The molecule has 3 rings (SSSR count). The SMILES string of the molecule is CC/C=C(C)/N=C/C=C(\C)C(F)(F)F.CCCCc1c(C(C)c2ccc(C)c(F)c2F)[nH]c2ccc(Cl)cc12. The number of allylic oxidation sites excluding steroid dienone is 4. The number of unbranched alkanes of at least 4 members (excludes halogenated alkanes) is 1. The Bertz CT molecular complexity index is 1350. The second-order valence-corrected chi connectivity index (χ2v) is 9.95. The molecule has 1 unspecified atom stereocenters. The summed E-state index contributed by atoms with van der Waals surface area (Å²) in [6.45, 7) is 10.3. The summed E-state index contributed by atoms with van der Waals surface area (Å²) in [5.41, 5.74) is 3.83. The van der Waals surface area contributed by atoms with E-state index in [-0.39, 0.29) is 5.92 Å². The largest absolute Gasteiger partial charge is 0.412 e. The van der Waals surface area contributed by atoms with Crippen molar-refractivity contribution < 1.29 is 22.0 Å². The molecule has 212 valence electrons. The lowest BCUT2D eigenvalue weighted by Gasteiger charge is -2.15. The molecule has 1 N–H and O–H groups in total. The number of halogens is 6. The number of fused-ring (bicyclic) bond motifs is 1. The Balaban J connectivity index is 0.000000326. The van der Waals surface area contributed by atoms with Crippen LogP contribution in [0.1, 0.15) is 82.2 Å². The van der Waals surface area contributed by atoms with Crippen LogP contribution in [0, 0.1) is 18.6 Å². The molecule has 0 fully saturated rings. The summed E-state index contributed by atoms with van der Waals surface area (Å²) in [5, 5.41) is 1.74. The van der Waals surface area contributed by atoms with E-state index in [1.807, 2.05) is 38.1 Å². The van der Waals surface area contributed by atoms with Crippen molar-refractivity contribution in [2.24, 2.45) is 4.99 Å². The summed E-state index contributed by atoms with van der Waals surface area (Å²) in [5.74, 6) is -1.79. The molecule has 0 aliphatic heterocycles. The third-order valence-corrected chi connectivity index (χ3v) is 6.67. The molecular weight excluding hydrogens is 531 g/mol. The number of rotatable bonds is 8. The summed E-state index contributed by atoms with van der Waals surface area (Å²) in [7, 11) is 0. The van der Waals surface area contributed by atoms with Crippen LogP contribution in [0.15, 0.2) is 58.7 Å². The van der Waals surface area contributed by atoms with Crippen LogP contribution in [0.4, 0.5) is 22.0 Å². The molecule has 0 saturated carbocycles. The van der Waals surface area contributed by atoms with Gasteiger partial charge in [0.15, 0.2) is 11.6 Å². The quantitative estimate of drug-likeness (QED) is 0.207. The zero-order valence-electron chi connectivity index (χ0n) is 23.2. The van der Waals surface area contributed by atoms with Crippen LogP contribution in [0.3, 0.4) is 0 Å². The third-order valence-electron chi connectivity index (χ3n) is 6.44. The number of alkyl halides is 3. The van der Waals surface area contributed by atoms with E-state index in [1.165, 1.54) is 6.21 Å². The number of benzene rings is 2. The average molecular weight is 567 g/mol. The molecule has 0 aliphatic carbocycles. The zero-order chi connectivity index (χ0) is 29.3. The second kappa shape index (κ2) is 14.5. The molecular formula is C31H36ClF5N2. The monoisotopic (exact) mass is 566 g/mol. The highest BCUT2D eigenvalue weighted by Gasteiger charge is 2.29. The van der Waals surface area contributed by atoms with Crippen molar-refractivity contribution in [3.05, 3.63) is 92.8 Å². The molecule has 2 nitrogen and oxygen atoms in total. The van der Waals surface area contributed by atoms with E-state index in [1.54, 1.807) is 26.0 Å². The van der Waals surface area contributed by atoms with E-state index in [0.29, 0.717) is 16.1 Å². The van der Waals surface area contributed by atoms with Crippen LogP contribution in [0.25, 0.3) is 10.9 Å². The fraction of sp³-hybridized carbons (Fsp3) is 0.387. The van der Waals surface area contributed by atoms with Gasteiger partial charge in [-0.2, -0.15) is 13.2 Å². The average Bonchev–Trinajstić information content (AvgIpc) is 3.23. The minimum atomic E-state index is -4.26. The van der Waals surface area contributed by atoms with Crippen molar-refractivity contribution in [1.82, 2.24) is 4.98 Å². The number of aryl methyl sites for hydroxylation is 2. The molecule has 1 aromatic heterocycles. The summed E-state index contributed by atoms with van der Waals surface area (Å²) in [4.78, 5) is 7.24. The van der Waals surface area contributed by atoms with Gasteiger partial charge in [-0.25, -0.2) is 8.78 Å². The van der Waals surface area contributed by atoms with Crippen LogP contribution < -0.4 is 0 Å². The van der Waals surface area contributed by atoms with Crippen molar-refractivity contribution in [2.45, 2.75) is 79.3 Å². The lowest BCUT2D eigenvalue weighted by Crippen LogP contribution is -2.08. The topological polar surface area (TPSA) is 28.1 Å². The highest BCUT2D eigenvalue weighted by atomic mass is 35.5. The first-order valence-corrected chi connectivity index (χ1v) is 13.4. The number of aromatic amines is 1. The number of H-pyrrole nitrogens is 1. The van der Waals surface area contributed by atoms with Gasteiger partial charge < -0.3 is 4.98 Å². The van der Waals surface area contributed by atoms with Gasteiger partial charge in [0.1, 0.15) is 0 Å². The molecule has 39 heavy (non-hydrogen) atoms. The van der Waals surface area contributed by atoms with Gasteiger partial charge in [-0.1, -0.05) is 57.0 Å². The number of aromatic nitrogens is 1. The first kappa shape index (κ1) is 32.3. The maximum Gasteiger partial charge on any atom is 0.412 e. The van der Waals surface area contributed by atoms with Crippen molar-refractivity contribution in [2.75, 3.05) is 0 Å². The fourth-order valence-electron chi connectivity index (χ4n) is 4.09. The van der Waals surface area contributed by atoms with E-state index in [4.69, 9.17) is 11.6 Å². The summed E-state index contributed by atoms with van der Waals surface area (Å²) in [6, 6.07) is 9.04. The van der Waals surface area contributed by atoms with E-state index in [9.17, 15) is 22.0 Å². The summed E-state index contributed by atoms with van der Waals surface area (Å²) in [6.07, 6.45) is 3.52. The number of hydrogen-bond donors (Lipinski definition) is 1. The van der Waals surface area contributed by atoms with Crippen LogP contribution in [-0.4, -0.2) is 17.4 Å². The van der Waals surface area contributed by atoms with Crippen LogP contribution in [-0.2, 0) is 6.42 Å². The van der Waals surface area contributed by atoms with Crippen molar-refractivity contribution in [3.63, 3.8) is 0 Å². The normalized spacial score (nSPS) is 13.6. The molecule has 3 aromatic rings. The fourth-order valence-corrected chi connectivity index (χ4v) is 4.27. The van der Waals surface area contributed by atoms with Gasteiger partial charge >= 0.3 is 6.18 Å².